The van der Waals surface area contributed by atoms with Crippen LogP contribution < -0.4 is 20.4 Å². The van der Waals surface area contributed by atoms with Gasteiger partial charge in [-0.15, -0.1) is 0 Å². The fourth-order valence-electron chi connectivity index (χ4n) is 6.02. The van der Waals surface area contributed by atoms with Crippen molar-refractivity contribution in [3.05, 3.63) is 212 Å². The van der Waals surface area contributed by atoms with Crippen LogP contribution in [0.25, 0.3) is 69.1 Å². The molecule has 0 saturated heterocycles. The van der Waals surface area contributed by atoms with Crippen molar-refractivity contribution < 1.29 is 134 Å². The van der Waals surface area contributed by atoms with E-state index in [9.17, 15) is 39.6 Å². The second-order valence-corrected chi connectivity index (χ2v) is 19.0. The molecule has 10 rings (SSSR count). The summed E-state index contributed by atoms with van der Waals surface area (Å²) in [7, 11) is 0. The Morgan fingerprint density at radius 1 is 0.341 bits per heavy atom. The predicted octanol–water partition coefficient (Wildman–Crippen LogP) is 4.45. The van der Waals surface area contributed by atoms with Gasteiger partial charge in [0.2, 0.25) is 0 Å². The van der Waals surface area contributed by atoms with Crippen molar-refractivity contribution in [2.75, 3.05) is 0 Å². The average Bonchev–Trinajstić information content (AvgIpc) is 1.60. The van der Waals surface area contributed by atoms with Crippen molar-refractivity contribution in [3.63, 3.8) is 0 Å². The zero-order valence-electron chi connectivity index (χ0n) is 46.4. The van der Waals surface area contributed by atoms with E-state index in [0.717, 1.165) is 0 Å². The van der Waals surface area contributed by atoms with Crippen LogP contribution in [0.3, 0.4) is 0 Å². The van der Waals surface area contributed by atoms with Crippen molar-refractivity contribution >= 4 is 69.1 Å². The molecule has 8 aromatic heterocycles. The monoisotopic (exact) mass is 1860 g/mol. The Bertz CT molecular complexity index is 3160. The third-order valence-corrected chi connectivity index (χ3v) is 11.3. The van der Waals surface area contributed by atoms with Crippen LogP contribution >= 0.6 is 45.2 Å². The topological polar surface area (TPSA) is 470 Å². The van der Waals surface area contributed by atoms with Crippen LogP contribution in [-0.4, -0.2) is 106 Å². The van der Waals surface area contributed by atoms with Crippen molar-refractivity contribution in [2.45, 2.75) is 39.9 Å². The third-order valence-electron chi connectivity index (χ3n) is 9.48. The summed E-state index contributed by atoms with van der Waals surface area (Å²) in [5.74, 6) is -2.36. The number of rotatable bonds is 10. The molecular formula is C58H46I2N12O14U2-12. The van der Waals surface area contributed by atoms with E-state index in [1.165, 1.54) is 36.4 Å². The van der Waals surface area contributed by atoms with Crippen LogP contribution in [0.4, 0.5) is 0 Å². The van der Waals surface area contributed by atoms with Gasteiger partial charge in [0.15, 0.2) is 34.9 Å². The molecule has 0 fully saturated rings. The first-order valence-electron chi connectivity index (χ1n) is 24.1. The van der Waals surface area contributed by atoms with Crippen LogP contribution in [0.2, 0.25) is 0 Å². The Kier molecular flexibility index (Phi) is 40.6. The normalized spacial score (nSPS) is 9.39. The van der Waals surface area contributed by atoms with Gasteiger partial charge in [-0.05, 0) is 169 Å². The smallest absolute Gasteiger partial charge is 0.182 e. The molecule has 2 N–H and O–H groups in total. The molecule has 0 saturated carbocycles. The summed E-state index contributed by atoms with van der Waals surface area (Å²) in [6, 6.07) is 40.8. The van der Waals surface area contributed by atoms with Gasteiger partial charge in [-0.3, -0.25) is 29.9 Å². The van der Waals surface area contributed by atoms with E-state index in [4.69, 9.17) is 10.2 Å². The molecule has 0 spiro atoms. The molecule has 10 aromatic rings. The van der Waals surface area contributed by atoms with Crippen LogP contribution in [0, 0.1) is 69.4 Å². The molecule has 0 atom stereocenters. The number of aliphatic hydroxyl groups is 2. The Hall–Kier alpha value is -7.44. The molecule has 2 aromatic carbocycles. The molecule has 8 heterocycles. The van der Waals surface area contributed by atoms with Gasteiger partial charge in [0, 0.05) is 130 Å². The van der Waals surface area contributed by atoms with Crippen LogP contribution in [0.15, 0.2) is 183 Å². The molecule has 30 heteroatoms. The molecule has 0 amide bonds. The van der Waals surface area contributed by atoms with E-state index in [-0.39, 0.29) is 119 Å². The number of aromatic carboxylic acids is 4. The van der Waals surface area contributed by atoms with Crippen LogP contribution in [-0.2, 0) is 21.9 Å². The second-order valence-electron chi connectivity index (χ2n) is 16.6. The van der Waals surface area contributed by atoms with Gasteiger partial charge in [-0.2, -0.15) is 0 Å². The molecule has 0 aliphatic rings. The van der Waals surface area contributed by atoms with E-state index >= 15 is 0 Å². The van der Waals surface area contributed by atoms with Gasteiger partial charge in [0.25, 0.3) is 0 Å². The molecule has 88 heavy (non-hydrogen) atoms. The van der Waals surface area contributed by atoms with Gasteiger partial charge >= 0.3 is 0 Å². The summed E-state index contributed by atoms with van der Waals surface area (Å²) < 4.78 is 0.638. The fraction of sp³-hybridized carbons (Fsp3) is 0.103. The quantitative estimate of drug-likeness (QED) is 0.179. The first-order chi connectivity index (χ1) is 39.3. The van der Waals surface area contributed by atoms with Gasteiger partial charge in [-0.1, -0.05) is 60.7 Å². The molecule has 0 aliphatic carbocycles. The van der Waals surface area contributed by atoms with Crippen LogP contribution in [0.5, 0.6) is 0 Å². The minimum Gasteiger partial charge on any atom is -2.00 e. The number of aromatic nitrogens is 12. The maximum Gasteiger partial charge on any atom is 0.182 e. The standard InChI is InChI=1S/2C18H12N6.2C8H5IO4.2C3H8O.4O.2U/c2*1-4-10-19-13(7-1)16-22-17(14-8-2-5-11-20-14)24-18(23-16)15-9-3-6-12-21-15;2*9-6-3-4(7(10)11)1-2-5(6)8(12)13;2*1-3(2)4;;;;;;/h2*1-12H;2*1-3H,(H,10,11)(H,12,13);2*3-4H,1-2H3;;;;;;/q;;;;;;4*-2;;/p-4. The van der Waals surface area contributed by atoms with E-state index < -0.39 is 23.9 Å². The number of halogens is 2. The summed E-state index contributed by atoms with van der Waals surface area (Å²) in [5, 5.41) is 57.7. The predicted molar refractivity (Wildman–Crippen MR) is 312 cm³/mol. The maximum atomic E-state index is 10.4. The Morgan fingerprint density at radius 3 is 0.648 bits per heavy atom. The summed E-state index contributed by atoms with van der Waals surface area (Å²) in [5.41, 5.74) is 3.91. The minimum atomic E-state index is -1.33. The number of hydrogen-bond donors (Lipinski definition) is 2. The SMILES string of the molecule is CC(C)O.CC(C)O.O=C([O-])c1ccc(C(=O)[O-])c(I)c1.O=C([O-])c1ccc(C(=O)[O-])c(I)c1.[O-2].[O-2].[O-2].[O-2].[U].[U].c1ccc(-c2nc(-c3ccccn3)nc(-c3ccccn3)n2)nc1.c1ccc(-c2nc(-c3ccccn3)nc(-c3ccccn3)n2)nc1. The van der Waals surface area contributed by atoms with Crippen molar-refractivity contribution in [1.29, 1.82) is 0 Å². The van der Waals surface area contributed by atoms with E-state index in [0.29, 0.717) is 76.3 Å². The molecule has 26 nitrogen and oxygen atoms in total. The third kappa shape index (κ3) is 27.7. The summed E-state index contributed by atoms with van der Waals surface area (Å²) in [6.07, 6.45) is 9.92. The largest absolute Gasteiger partial charge is 2.00 e. The minimum absolute atomic E-state index is 0. The molecule has 0 aliphatic heterocycles. The Balaban J connectivity index is 0. The van der Waals surface area contributed by atoms with Crippen molar-refractivity contribution in [2.24, 2.45) is 0 Å². The van der Waals surface area contributed by atoms with E-state index in [1.54, 1.807) is 110 Å². The number of carboxylic acid groups (broad SMARTS) is 4. The number of carbonyl (C=O) groups is 4. The summed E-state index contributed by atoms with van der Waals surface area (Å²) in [6.45, 7) is 6.89. The van der Waals surface area contributed by atoms with Crippen molar-refractivity contribution in [3.8, 4) is 69.1 Å². The number of aliphatic hydroxyl groups excluding tert-OH is 2. The van der Waals surface area contributed by atoms with Gasteiger partial charge in [-0.25, -0.2) is 29.9 Å². The summed E-state index contributed by atoms with van der Waals surface area (Å²) in [4.78, 5) is 94.7. The number of carboxylic acids is 4. The van der Waals surface area contributed by atoms with Crippen LogP contribution in [0.1, 0.15) is 69.1 Å². The summed E-state index contributed by atoms with van der Waals surface area (Å²) >= 11 is 3.45. The average molecular weight is 1860 g/mol. The van der Waals surface area contributed by atoms with E-state index in [1.807, 2.05) is 109 Å². The molecule has 0 bridgehead atoms. The van der Waals surface area contributed by atoms with E-state index in [2.05, 4.69) is 59.8 Å². The number of carbonyl (C=O) groups excluding carboxylic acids is 4. The number of hydrogen-bond acceptors (Lipinski definition) is 22. The zero-order chi connectivity index (χ0) is 59.6. The van der Waals surface area contributed by atoms with Gasteiger partial charge in [0.1, 0.15) is 34.2 Å². The number of benzene rings is 2. The Labute approximate surface area is 578 Å². The molecular weight excluding hydrogens is 1820 g/mol. The zero-order valence-corrected chi connectivity index (χ0v) is 59.0. The first-order valence-corrected chi connectivity index (χ1v) is 26.3. The molecule has 0 radical (unpaired) electrons. The van der Waals surface area contributed by atoms with Gasteiger partial charge < -0.3 is 71.7 Å². The Morgan fingerprint density at radius 2 is 0.523 bits per heavy atom. The first kappa shape index (κ1) is 82.6. The van der Waals surface area contributed by atoms with Crippen molar-refractivity contribution in [1.82, 2.24) is 59.8 Å². The fourth-order valence-corrected chi connectivity index (χ4v) is 7.50. The number of nitrogens with zero attached hydrogens (tertiary/aromatic N) is 12. The maximum absolute atomic E-state index is 10.4. The molecule has 456 valence electrons. The molecule has 0 unspecified atom stereocenters. The second kappa shape index (κ2) is 43.2. The number of pyridine rings is 6. The van der Waals surface area contributed by atoms with Gasteiger partial charge in [0.05, 0.1) is 23.9 Å².